The van der Waals surface area contributed by atoms with Crippen LogP contribution in [0, 0.1) is 5.82 Å². The smallest absolute Gasteiger partial charge is 0.434 e. The molecule has 0 saturated carbocycles. The topological polar surface area (TPSA) is 58.5 Å². The molecule has 2 rings (SSSR count). The van der Waals surface area contributed by atoms with Crippen LogP contribution in [-0.2, 0) is 12.6 Å². The first-order chi connectivity index (χ1) is 12.7. The summed E-state index contributed by atoms with van der Waals surface area (Å²) in [6.45, 7) is 2.19. The lowest BCUT2D eigenvalue weighted by Gasteiger charge is -2.18. The molecule has 0 fully saturated rings. The molecule has 1 heterocycles. The predicted molar refractivity (Wildman–Crippen MR) is 96.7 cm³/mol. The summed E-state index contributed by atoms with van der Waals surface area (Å²) in [5, 5.41) is 7.49. The minimum atomic E-state index is -4.43. The fourth-order valence-corrected chi connectivity index (χ4v) is 3.08. The van der Waals surface area contributed by atoms with Crippen molar-refractivity contribution in [2.24, 2.45) is 4.99 Å². The molecule has 0 radical (unpaired) electrons. The molecular formula is C17H20F4N4OS. The summed E-state index contributed by atoms with van der Waals surface area (Å²) in [6.07, 6.45) is -4.10. The van der Waals surface area contributed by atoms with Gasteiger partial charge in [-0.3, -0.25) is 4.99 Å². The number of alkyl halides is 3. The molecule has 0 spiro atoms. The first-order valence-corrected chi connectivity index (χ1v) is 8.94. The van der Waals surface area contributed by atoms with Crippen molar-refractivity contribution < 1.29 is 22.3 Å². The van der Waals surface area contributed by atoms with Gasteiger partial charge in [-0.15, -0.1) is 11.3 Å². The minimum Gasteiger partial charge on any atom is -0.494 e. The zero-order valence-electron chi connectivity index (χ0n) is 15.0. The molecule has 1 aromatic carbocycles. The summed E-state index contributed by atoms with van der Waals surface area (Å²) in [6, 6.07) is 4.41. The summed E-state index contributed by atoms with van der Waals surface area (Å²) in [7, 11) is 2.97. The second kappa shape index (κ2) is 9.03. The molecule has 2 N–H and O–H groups in total. The number of benzene rings is 1. The normalized spacial score (nSPS) is 13.4. The van der Waals surface area contributed by atoms with E-state index in [-0.39, 0.29) is 11.8 Å². The van der Waals surface area contributed by atoms with Crippen molar-refractivity contribution in [1.82, 2.24) is 15.6 Å². The summed E-state index contributed by atoms with van der Waals surface area (Å²) in [5.41, 5.74) is -0.175. The van der Waals surface area contributed by atoms with Gasteiger partial charge in [0.2, 0.25) is 0 Å². The van der Waals surface area contributed by atoms with E-state index in [2.05, 4.69) is 20.6 Å². The van der Waals surface area contributed by atoms with Crippen molar-refractivity contribution in [2.75, 3.05) is 20.7 Å². The number of nitrogens with one attached hydrogen (secondary N) is 2. The van der Waals surface area contributed by atoms with E-state index in [0.717, 1.165) is 16.7 Å². The van der Waals surface area contributed by atoms with E-state index < -0.39 is 17.7 Å². The van der Waals surface area contributed by atoms with Crippen LogP contribution in [0.2, 0.25) is 0 Å². The monoisotopic (exact) mass is 404 g/mol. The van der Waals surface area contributed by atoms with E-state index in [1.165, 1.54) is 13.2 Å². The van der Waals surface area contributed by atoms with E-state index >= 15 is 0 Å². The number of hydrogen-bond acceptors (Lipinski definition) is 4. The number of aliphatic imine (C=N–C) groups is 1. The standard InChI is InChI=1S/C17H20F4N4OS/c1-10(11-4-5-13(26-3)12(18)8-11)24-16(22-2)23-7-6-15-25-14(9-27-15)17(19,20)21/h4-5,8-10H,6-7H2,1-3H3,(H2,22,23,24). The molecule has 10 heteroatoms. The van der Waals surface area contributed by atoms with Crippen molar-refractivity contribution in [3.05, 3.63) is 45.7 Å². The lowest BCUT2D eigenvalue weighted by atomic mass is 10.1. The maximum atomic E-state index is 13.8. The molecule has 148 valence electrons. The van der Waals surface area contributed by atoms with Crippen LogP contribution < -0.4 is 15.4 Å². The Balaban J connectivity index is 1.88. The Hall–Kier alpha value is -2.36. The highest BCUT2D eigenvalue weighted by atomic mass is 32.1. The number of nitrogens with zero attached hydrogens (tertiary/aromatic N) is 2. The summed E-state index contributed by atoms with van der Waals surface area (Å²) < 4.78 is 56.4. The number of halogens is 4. The van der Waals surface area contributed by atoms with Crippen LogP contribution in [-0.4, -0.2) is 31.6 Å². The molecule has 0 bridgehead atoms. The van der Waals surface area contributed by atoms with Crippen molar-refractivity contribution in [3.8, 4) is 5.75 Å². The third-order valence-electron chi connectivity index (χ3n) is 3.73. The Morgan fingerprint density at radius 1 is 1.37 bits per heavy atom. The van der Waals surface area contributed by atoms with Gasteiger partial charge in [-0.1, -0.05) is 6.07 Å². The largest absolute Gasteiger partial charge is 0.494 e. The summed E-state index contributed by atoms with van der Waals surface area (Å²) in [5.74, 6) is 0.150. The Kier molecular flexibility index (Phi) is 7.00. The number of aromatic nitrogens is 1. The number of hydrogen-bond donors (Lipinski definition) is 2. The lowest BCUT2D eigenvalue weighted by molar-refractivity contribution is -0.140. The number of guanidine groups is 1. The first kappa shape index (κ1) is 20.9. The van der Waals surface area contributed by atoms with Crippen LogP contribution in [0.5, 0.6) is 5.75 Å². The van der Waals surface area contributed by atoms with Crippen molar-refractivity contribution in [2.45, 2.75) is 25.6 Å². The van der Waals surface area contributed by atoms with E-state index in [0.29, 0.717) is 29.5 Å². The number of ether oxygens (including phenoxy) is 1. The Morgan fingerprint density at radius 3 is 2.67 bits per heavy atom. The van der Waals surface area contributed by atoms with Crippen molar-refractivity contribution in [1.29, 1.82) is 0 Å². The molecule has 0 aliphatic rings. The Bertz CT molecular complexity index is 791. The van der Waals surface area contributed by atoms with E-state index in [1.807, 2.05) is 6.92 Å². The molecular weight excluding hydrogens is 384 g/mol. The molecule has 1 unspecified atom stereocenters. The van der Waals surface area contributed by atoms with Gasteiger partial charge in [0.15, 0.2) is 23.2 Å². The van der Waals surface area contributed by atoms with Crippen LogP contribution >= 0.6 is 11.3 Å². The molecule has 0 saturated heterocycles. The predicted octanol–water partition coefficient (Wildman–Crippen LogP) is 3.78. The second-order valence-corrected chi connectivity index (χ2v) is 6.58. The molecule has 1 atom stereocenters. The molecule has 27 heavy (non-hydrogen) atoms. The molecule has 1 aromatic heterocycles. The minimum absolute atomic E-state index is 0.162. The van der Waals surface area contributed by atoms with Gasteiger partial charge in [-0.2, -0.15) is 13.2 Å². The van der Waals surface area contributed by atoms with Gasteiger partial charge >= 0.3 is 6.18 Å². The van der Waals surface area contributed by atoms with Crippen LogP contribution in [0.25, 0.3) is 0 Å². The maximum absolute atomic E-state index is 13.8. The molecule has 5 nitrogen and oxygen atoms in total. The molecule has 0 aliphatic heterocycles. The van der Waals surface area contributed by atoms with Crippen LogP contribution in [0.3, 0.4) is 0 Å². The zero-order valence-corrected chi connectivity index (χ0v) is 15.8. The maximum Gasteiger partial charge on any atom is 0.434 e. The highest BCUT2D eigenvalue weighted by Crippen LogP contribution is 2.30. The Morgan fingerprint density at radius 2 is 2.11 bits per heavy atom. The fourth-order valence-electron chi connectivity index (χ4n) is 2.28. The van der Waals surface area contributed by atoms with Gasteiger partial charge in [-0.25, -0.2) is 9.37 Å². The van der Waals surface area contributed by atoms with Crippen LogP contribution in [0.4, 0.5) is 17.6 Å². The average molecular weight is 404 g/mol. The van der Waals surface area contributed by atoms with Gasteiger partial charge < -0.3 is 15.4 Å². The third kappa shape index (κ3) is 5.81. The fraction of sp³-hybridized carbons (Fsp3) is 0.412. The van der Waals surface area contributed by atoms with Crippen LogP contribution in [0.1, 0.15) is 29.2 Å². The highest BCUT2D eigenvalue weighted by molar-refractivity contribution is 7.09. The van der Waals surface area contributed by atoms with Crippen molar-refractivity contribution in [3.63, 3.8) is 0 Å². The van der Waals surface area contributed by atoms with Gasteiger partial charge in [0.1, 0.15) is 0 Å². The van der Waals surface area contributed by atoms with E-state index in [1.54, 1.807) is 19.2 Å². The molecule has 2 aromatic rings. The van der Waals surface area contributed by atoms with Gasteiger partial charge in [0, 0.05) is 25.4 Å². The van der Waals surface area contributed by atoms with Gasteiger partial charge in [0.25, 0.3) is 0 Å². The zero-order chi connectivity index (χ0) is 20.0. The number of methoxy groups -OCH3 is 1. The van der Waals surface area contributed by atoms with Gasteiger partial charge in [0.05, 0.1) is 18.2 Å². The summed E-state index contributed by atoms with van der Waals surface area (Å²) in [4.78, 5) is 7.64. The highest BCUT2D eigenvalue weighted by Gasteiger charge is 2.33. The van der Waals surface area contributed by atoms with Gasteiger partial charge in [-0.05, 0) is 24.6 Å². The molecule has 0 aliphatic carbocycles. The third-order valence-corrected chi connectivity index (χ3v) is 4.63. The first-order valence-electron chi connectivity index (χ1n) is 8.06. The average Bonchev–Trinajstić information content (AvgIpc) is 3.10. The summed E-state index contributed by atoms with van der Waals surface area (Å²) >= 11 is 0.967. The second-order valence-electron chi connectivity index (χ2n) is 5.63. The lowest BCUT2D eigenvalue weighted by Crippen LogP contribution is -2.39. The SMILES string of the molecule is CN=C(NCCc1nc(C(F)(F)F)cs1)NC(C)c1ccc(OC)c(F)c1. The number of thiazole rings is 1. The quantitative estimate of drug-likeness (QED) is 0.437. The van der Waals surface area contributed by atoms with Crippen LogP contribution in [0.15, 0.2) is 28.6 Å². The van der Waals surface area contributed by atoms with Crippen molar-refractivity contribution >= 4 is 17.3 Å². The Labute approximate surface area is 158 Å². The van der Waals surface area contributed by atoms with E-state index in [9.17, 15) is 17.6 Å². The number of rotatable bonds is 6. The van der Waals surface area contributed by atoms with E-state index in [4.69, 9.17) is 4.74 Å². The molecule has 0 amide bonds.